The molecule has 1 aliphatic carbocycles. The summed E-state index contributed by atoms with van der Waals surface area (Å²) < 4.78 is 11.3. The third-order valence-corrected chi connectivity index (χ3v) is 4.80. The summed E-state index contributed by atoms with van der Waals surface area (Å²) in [5.41, 5.74) is 7.10. The predicted octanol–water partition coefficient (Wildman–Crippen LogP) is 2.66. The van der Waals surface area contributed by atoms with E-state index in [2.05, 4.69) is 12.1 Å². The molecule has 2 N–H and O–H groups in total. The molecule has 0 bridgehead atoms. The minimum Gasteiger partial charge on any atom is -0.330 e. The number of nitrogens with two attached hydrogens (primary N) is 1. The van der Waals surface area contributed by atoms with Gasteiger partial charge in [-0.25, -0.2) is 0 Å². The van der Waals surface area contributed by atoms with Crippen molar-refractivity contribution in [1.82, 2.24) is 0 Å². The summed E-state index contributed by atoms with van der Waals surface area (Å²) in [7, 11) is -0.866. The third-order valence-electron chi connectivity index (χ3n) is 3.86. The van der Waals surface area contributed by atoms with Gasteiger partial charge in [-0.05, 0) is 61.8 Å². The topological polar surface area (TPSA) is 43.1 Å². The maximum absolute atomic E-state index is 11.3. The molecule has 3 heteroatoms. The quantitative estimate of drug-likeness (QED) is 0.897. The van der Waals surface area contributed by atoms with Crippen LogP contribution in [0.1, 0.15) is 37.2 Å². The molecule has 0 aromatic heterocycles. The first kappa shape index (κ1) is 12.8. The second-order valence-corrected chi connectivity index (χ2v) is 6.36. The van der Waals surface area contributed by atoms with E-state index in [1.165, 1.54) is 31.2 Å². The van der Waals surface area contributed by atoms with Gasteiger partial charge in [0, 0.05) is 22.0 Å². The van der Waals surface area contributed by atoms with E-state index in [4.69, 9.17) is 5.73 Å². The van der Waals surface area contributed by atoms with Crippen molar-refractivity contribution in [2.45, 2.75) is 36.5 Å². The van der Waals surface area contributed by atoms with Gasteiger partial charge in [0.15, 0.2) is 0 Å². The fraction of sp³-hybridized carbons (Fsp3) is 0.571. The molecule has 1 aromatic rings. The molecule has 0 saturated heterocycles. The van der Waals surface area contributed by atoms with Crippen molar-refractivity contribution in [3.63, 3.8) is 0 Å². The molecular formula is C14H21NOS. The Kier molecular flexibility index (Phi) is 4.35. The molecule has 1 aromatic carbocycles. The number of benzene rings is 1. The third kappa shape index (κ3) is 3.17. The minimum absolute atomic E-state index is 0.678. The van der Waals surface area contributed by atoms with Gasteiger partial charge in [-0.2, -0.15) is 0 Å². The second-order valence-electron chi connectivity index (χ2n) is 4.98. The minimum atomic E-state index is -0.866. The first-order valence-electron chi connectivity index (χ1n) is 6.34. The lowest BCUT2D eigenvalue weighted by molar-refractivity contribution is 0.332. The fourth-order valence-corrected chi connectivity index (χ4v) is 3.18. The molecule has 1 aliphatic rings. The Bertz CT molecular complexity index is 380. The van der Waals surface area contributed by atoms with E-state index in [0.717, 1.165) is 17.4 Å². The van der Waals surface area contributed by atoms with Crippen LogP contribution in [0, 0.1) is 5.92 Å². The van der Waals surface area contributed by atoms with Crippen LogP contribution in [-0.2, 0) is 10.8 Å². The Morgan fingerprint density at radius 1 is 1.18 bits per heavy atom. The van der Waals surface area contributed by atoms with Crippen molar-refractivity contribution in [3.05, 3.63) is 29.8 Å². The number of hydrogen-bond donors (Lipinski definition) is 1. The highest BCUT2D eigenvalue weighted by Gasteiger charge is 2.21. The van der Waals surface area contributed by atoms with Gasteiger partial charge < -0.3 is 5.73 Å². The molecule has 1 unspecified atom stereocenters. The van der Waals surface area contributed by atoms with E-state index in [0.29, 0.717) is 5.92 Å². The highest BCUT2D eigenvalue weighted by molar-refractivity contribution is 7.84. The van der Waals surface area contributed by atoms with Gasteiger partial charge in [0.2, 0.25) is 0 Å². The zero-order chi connectivity index (χ0) is 12.3. The molecular weight excluding hydrogens is 230 g/mol. The summed E-state index contributed by atoms with van der Waals surface area (Å²) in [6.45, 7) is 0.834. The second kappa shape index (κ2) is 5.78. The molecule has 1 atom stereocenters. The molecule has 94 valence electrons. The molecule has 1 saturated carbocycles. The molecule has 1 fully saturated rings. The molecule has 2 nitrogen and oxygen atoms in total. The van der Waals surface area contributed by atoms with Crippen molar-refractivity contribution in [1.29, 1.82) is 0 Å². The maximum atomic E-state index is 11.3. The lowest BCUT2D eigenvalue weighted by Crippen LogP contribution is -2.20. The van der Waals surface area contributed by atoms with Gasteiger partial charge in [-0.15, -0.1) is 0 Å². The standard InChI is InChI=1S/C14H21NOS/c1-17(16)14-8-6-13(7-9-14)12-4-2-11(10-15)3-5-12/h6-9,11-12H,2-5,10,15H2,1H3. The van der Waals surface area contributed by atoms with Gasteiger partial charge in [0.05, 0.1) is 0 Å². The predicted molar refractivity (Wildman–Crippen MR) is 72.5 cm³/mol. The van der Waals surface area contributed by atoms with Crippen LogP contribution in [0.5, 0.6) is 0 Å². The average Bonchev–Trinajstić information content (AvgIpc) is 2.39. The van der Waals surface area contributed by atoms with Crippen LogP contribution in [-0.4, -0.2) is 17.0 Å². The number of hydrogen-bond acceptors (Lipinski definition) is 2. The molecule has 2 rings (SSSR count). The fourth-order valence-electron chi connectivity index (χ4n) is 2.66. The monoisotopic (exact) mass is 251 g/mol. The molecule has 17 heavy (non-hydrogen) atoms. The lowest BCUT2D eigenvalue weighted by atomic mass is 9.79. The van der Waals surface area contributed by atoms with E-state index >= 15 is 0 Å². The molecule has 0 heterocycles. The Balaban J connectivity index is 2.01. The first-order valence-corrected chi connectivity index (χ1v) is 7.90. The maximum Gasteiger partial charge on any atom is 0.0498 e. The van der Waals surface area contributed by atoms with E-state index in [-0.39, 0.29) is 0 Å². The Morgan fingerprint density at radius 3 is 2.24 bits per heavy atom. The molecule has 0 spiro atoms. The van der Waals surface area contributed by atoms with Crippen LogP contribution in [0.15, 0.2) is 29.2 Å². The summed E-state index contributed by atoms with van der Waals surface area (Å²) >= 11 is 0. The lowest BCUT2D eigenvalue weighted by Gasteiger charge is -2.27. The van der Waals surface area contributed by atoms with Crippen molar-refractivity contribution in [2.75, 3.05) is 12.8 Å². The highest BCUT2D eigenvalue weighted by Crippen LogP contribution is 2.35. The Labute approximate surface area is 106 Å². The Hall–Kier alpha value is -0.670. The highest BCUT2D eigenvalue weighted by atomic mass is 32.2. The van der Waals surface area contributed by atoms with E-state index < -0.39 is 10.8 Å². The van der Waals surface area contributed by atoms with Crippen LogP contribution in [0.25, 0.3) is 0 Å². The zero-order valence-electron chi connectivity index (χ0n) is 10.4. The van der Waals surface area contributed by atoms with Crippen LogP contribution in [0.2, 0.25) is 0 Å². The van der Waals surface area contributed by atoms with Crippen molar-refractivity contribution in [3.8, 4) is 0 Å². The van der Waals surface area contributed by atoms with Gasteiger partial charge in [-0.1, -0.05) is 12.1 Å². The Morgan fingerprint density at radius 2 is 1.76 bits per heavy atom. The van der Waals surface area contributed by atoms with E-state index in [9.17, 15) is 4.21 Å². The van der Waals surface area contributed by atoms with Crippen molar-refractivity contribution >= 4 is 10.8 Å². The summed E-state index contributed by atoms with van der Waals surface area (Å²) in [5.74, 6) is 1.41. The van der Waals surface area contributed by atoms with Crippen molar-refractivity contribution < 1.29 is 4.21 Å². The molecule has 0 radical (unpaired) electrons. The zero-order valence-corrected chi connectivity index (χ0v) is 11.2. The average molecular weight is 251 g/mol. The smallest absolute Gasteiger partial charge is 0.0498 e. The van der Waals surface area contributed by atoms with Crippen molar-refractivity contribution in [2.24, 2.45) is 11.7 Å². The largest absolute Gasteiger partial charge is 0.330 e. The van der Waals surface area contributed by atoms with E-state index in [1.54, 1.807) is 6.26 Å². The normalized spacial score (nSPS) is 26.7. The van der Waals surface area contributed by atoms with Gasteiger partial charge >= 0.3 is 0 Å². The number of rotatable bonds is 3. The van der Waals surface area contributed by atoms with Gasteiger partial charge in [0.25, 0.3) is 0 Å². The summed E-state index contributed by atoms with van der Waals surface area (Å²) in [6.07, 6.45) is 6.72. The van der Waals surface area contributed by atoms with Crippen LogP contribution in [0.3, 0.4) is 0 Å². The summed E-state index contributed by atoms with van der Waals surface area (Å²) in [4.78, 5) is 0.921. The van der Waals surface area contributed by atoms with Crippen LogP contribution in [0.4, 0.5) is 0 Å². The van der Waals surface area contributed by atoms with Gasteiger partial charge in [0.1, 0.15) is 0 Å². The first-order chi connectivity index (χ1) is 8.20. The van der Waals surface area contributed by atoms with E-state index in [1.807, 2.05) is 12.1 Å². The summed E-state index contributed by atoms with van der Waals surface area (Å²) in [6, 6.07) is 8.29. The summed E-state index contributed by atoms with van der Waals surface area (Å²) in [5, 5.41) is 0. The molecule has 0 aliphatic heterocycles. The van der Waals surface area contributed by atoms with Crippen LogP contribution < -0.4 is 5.73 Å². The van der Waals surface area contributed by atoms with Crippen LogP contribution >= 0.6 is 0 Å². The SMILES string of the molecule is CS(=O)c1ccc(C2CCC(CN)CC2)cc1. The molecule has 0 amide bonds. The van der Waals surface area contributed by atoms with Gasteiger partial charge in [-0.3, -0.25) is 4.21 Å².